The van der Waals surface area contributed by atoms with Crippen molar-refractivity contribution in [1.29, 1.82) is 0 Å². The lowest BCUT2D eigenvalue weighted by Gasteiger charge is -2.07. The second-order valence-corrected chi connectivity index (χ2v) is 4.35. The van der Waals surface area contributed by atoms with E-state index in [0.717, 1.165) is 0 Å². The number of carbonyl (C=O) groups is 1. The Morgan fingerprint density at radius 2 is 2.22 bits per heavy atom. The monoisotopic (exact) mass is 280 g/mol. The van der Waals surface area contributed by atoms with E-state index in [0.29, 0.717) is 21.8 Å². The van der Waals surface area contributed by atoms with Crippen molar-refractivity contribution >= 4 is 40.4 Å². The summed E-state index contributed by atoms with van der Waals surface area (Å²) in [7, 11) is 0. The Morgan fingerprint density at radius 1 is 1.44 bits per heavy atom. The molecule has 92 valence electrons. The summed E-state index contributed by atoms with van der Waals surface area (Å²) in [5, 5.41) is 9.29. The minimum atomic E-state index is -0.297. The zero-order valence-electron chi connectivity index (χ0n) is 9.11. The molecule has 2 rings (SSSR count). The lowest BCUT2D eigenvalue weighted by atomic mass is 10.2. The van der Waals surface area contributed by atoms with Gasteiger partial charge in [-0.05, 0) is 18.2 Å². The number of thiocarbonyl (C=S) groups is 1. The molecule has 0 atom stereocenters. The summed E-state index contributed by atoms with van der Waals surface area (Å²) < 4.78 is 0. The molecule has 0 saturated heterocycles. The van der Waals surface area contributed by atoms with E-state index in [2.05, 4.69) is 15.5 Å². The van der Waals surface area contributed by atoms with Gasteiger partial charge in [0.2, 0.25) is 0 Å². The Balaban J connectivity index is 2.20. The summed E-state index contributed by atoms with van der Waals surface area (Å²) in [5.74, 6) is -0.297. The Labute approximate surface area is 113 Å². The normalized spacial score (nSPS) is 10.1. The fourth-order valence-electron chi connectivity index (χ4n) is 1.34. The Morgan fingerprint density at radius 3 is 2.78 bits per heavy atom. The molecule has 18 heavy (non-hydrogen) atoms. The van der Waals surface area contributed by atoms with Gasteiger partial charge in [0.05, 0.1) is 22.5 Å². The fraction of sp³-hybridized carbons (Fsp3) is 0. The van der Waals surface area contributed by atoms with Crippen LogP contribution in [0.5, 0.6) is 0 Å². The lowest BCUT2D eigenvalue weighted by Crippen LogP contribution is -2.13. The van der Waals surface area contributed by atoms with E-state index in [1.165, 1.54) is 12.4 Å². The largest absolute Gasteiger partial charge is 0.389 e. The van der Waals surface area contributed by atoms with Gasteiger partial charge in [0.15, 0.2) is 0 Å². The molecule has 0 aliphatic heterocycles. The number of hydrogen-bond acceptors (Lipinski definition) is 3. The third-order valence-corrected chi connectivity index (χ3v) is 2.81. The molecule has 0 radical (unpaired) electrons. The van der Waals surface area contributed by atoms with Crippen LogP contribution < -0.4 is 11.1 Å². The molecule has 0 spiro atoms. The molecular formula is C11H9ClN4OS. The number of nitrogens with one attached hydrogen (secondary N) is 2. The summed E-state index contributed by atoms with van der Waals surface area (Å²) in [4.78, 5) is 12.0. The van der Waals surface area contributed by atoms with Crippen molar-refractivity contribution in [2.24, 2.45) is 5.73 Å². The first kappa shape index (κ1) is 12.5. The van der Waals surface area contributed by atoms with Crippen LogP contribution in [0.4, 0.5) is 5.69 Å². The third kappa shape index (κ3) is 2.66. The quantitative estimate of drug-likeness (QED) is 0.751. The first-order valence-corrected chi connectivity index (χ1v) is 5.76. The zero-order valence-corrected chi connectivity index (χ0v) is 10.7. The highest BCUT2D eigenvalue weighted by atomic mass is 35.5. The highest BCUT2D eigenvalue weighted by Crippen LogP contribution is 2.23. The minimum absolute atomic E-state index is 0.254. The molecule has 0 fully saturated rings. The van der Waals surface area contributed by atoms with Gasteiger partial charge in [0.25, 0.3) is 5.91 Å². The van der Waals surface area contributed by atoms with Crippen molar-refractivity contribution in [3.8, 4) is 0 Å². The number of aromatic nitrogens is 2. The van der Waals surface area contributed by atoms with Gasteiger partial charge in [0.1, 0.15) is 4.99 Å². The molecule has 0 aliphatic rings. The topological polar surface area (TPSA) is 83.8 Å². The Bertz CT molecular complexity index is 597. The van der Waals surface area contributed by atoms with Crippen LogP contribution in [0.15, 0.2) is 30.6 Å². The number of aromatic amines is 1. The van der Waals surface area contributed by atoms with Gasteiger partial charge in [0, 0.05) is 11.8 Å². The Kier molecular flexibility index (Phi) is 3.59. The maximum absolute atomic E-state index is 11.8. The van der Waals surface area contributed by atoms with Crippen LogP contribution in [-0.2, 0) is 0 Å². The molecule has 1 aromatic heterocycles. The van der Waals surface area contributed by atoms with E-state index in [-0.39, 0.29) is 10.9 Å². The number of nitrogens with two attached hydrogens (primary N) is 1. The van der Waals surface area contributed by atoms with Gasteiger partial charge in [-0.15, -0.1) is 0 Å². The number of carbonyl (C=O) groups excluding carboxylic acids is 1. The molecule has 4 N–H and O–H groups in total. The molecule has 0 unspecified atom stereocenters. The van der Waals surface area contributed by atoms with Gasteiger partial charge >= 0.3 is 0 Å². The first-order valence-electron chi connectivity index (χ1n) is 4.97. The minimum Gasteiger partial charge on any atom is -0.389 e. The molecule has 5 nitrogen and oxygen atoms in total. The van der Waals surface area contributed by atoms with Crippen LogP contribution >= 0.6 is 23.8 Å². The highest BCUT2D eigenvalue weighted by Gasteiger charge is 2.10. The van der Waals surface area contributed by atoms with Crippen molar-refractivity contribution in [1.82, 2.24) is 10.2 Å². The summed E-state index contributed by atoms with van der Waals surface area (Å²) >= 11 is 10.9. The standard InChI is InChI=1S/C11H9ClN4OS/c12-8-3-6(10(13)18)1-2-9(8)16-11(17)7-4-14-15-5-7/h1-5H,(H2,13,18)(H,14,15)(H,16,17). The molecule has 0 bridgehead atoms. The molecular weight excluding hydrogens is 272 g/mol. The number of hydrogen-bond donors (Lipinski definition) is 3. The van der Waals surface area contributed by atoms with E-state index in [9.17, 15) is 4.79 Å². The second kappa shape index (κ2) is 5.16. The number of amides is 1. The first-order chi connectivity index (χ1) is 8.58. The SMILES string of the molecule is NC(=S)c1ccc(NC(=O)c2cn[nH]c2)c(Cl)c1. The Hall–Kier alpha value is -1.92. The van der Waals surface area contributed by atoms with Gasteiger partial charge < -0.3 is 11.1 Å². The van der Waals surface area contributed by atoms with Crippen LogP contribution in [0.2, 0.25) is 5.02 Å². The number of benzene rings is 1. The van der Waals surface area contributed by atoms with Gasteiger partial charge in [-0.3, -0.25) is 9.89 Å². The highest BCUT2D eigenvalue weighted by molar-refractivity contribution is 7.80. The molecule has 0 aliphatic carbocycles. The molecule has 2 aromatic rings. The smallest absolute Gasteiger partial charge is 0.258 e. The number of nitrogens with zero attached hydrogens (tertiary/aromatic N) is 1. The summed E-state index contributed by atoms with van der Waals surface area (Å²) in [6, 6.07) is 4.95. The number of rotatable bonds is 3. The van der Waals surface area contributed by atoms with Crippen molar-refractivity contribution in [3.63, 3.8) is 0 Å². The molecule has 1 aromatic carbocycles. The number of H-pyrrole nitrogens is 1. The van der Waals surface area contributed by atoms with Crippen molar-refractivity contribution in [2.45, 2.75) is 0 Å². The lowest BCUT2D eigenvalue weighted by molar-refractivity contribution is 0.102. The number of halogens is 1. The average Bonchev–Trinajstić information content (AvgIpc) is 2.85. The average molecular weight is 281 g/mol. The van der Waals surface area contributed by atoms with Crippen LogP contribution in [0, 0.1) is 0 Å². The number of anilines is 1. The van der Waals surface area contributed by atoms with E-state index < -0.39 is 0 Å². The molecule has 7 heteroatoms. The summed E-state index contributed by atoms with van der Waals surface area (Å²) in [6.07, 6.45) is 2.92. The van der Waals surface area contributed by atoms with E-state index >= 15 is 0 Å². The predicted octanol–water partition coefficient (Wildman–Crippen LogP) is 1.95. The van der Waals surface area contributed by atoms with E-state index in [1.54, 1.807) is 18.2 Å². The second-order valence-electron chi connectivity index (χ2n) is 3.50. The fourth-order valence-corrected chi connectivity index (χ4v) is 1.69. The summed E-state index contributed by atoms with van der Waals surface area (Å²) in [6.45, 7) is 0. The van der Waals surface area contributed by atoms with Crippen LogP contribution in [0.3, 0.4) is 0 Å². The molecule has 1 heterocycles. The van der Waals surface area contributed by atoms with Gasteiger partial charge in [-0.1, -0.05) is 23.8 Å². The van der Waals surface area contributed by atoms with Crippen LogP contribution in [-0.4, -0.2) is 21.1 Å². The molecule has 0 saturated carbocycles. The van der Waals surface area contributed by atoms with E-state index in [4.69, 9.17) is 29.6 Å². The van der Waals surface area contributed by atoms with Gasteiger partial charge in [-0.25, -0.2) is 0 Å². The molecule has 1 amide bonds. The van der Waals surface area contributed by atoms with Crippen LogP contribution in [0.25, 0.3) is 0 Å². The van der Waals surface area contributed by atoms with Crippen LogP contribution in [0.1, 0.15) is 15.9 Å². The zero-order chi connectivity index (χ0) is 13.1. The van der Waals surface area contributed by atoms with Gasteiger partial charge in [-0.2, -0.15) is 5.10 Å². The predicted molar refractivity (Wildman–Crippen MR) is 73.9 cm³/mol. The van der Waals surface area contributed by atoms with Crippen molar-refractivity contribution in [2.75, 3.05) is 5.32 Å². The maximum atomic E-state index is 11.8. The van der Waals surface area contributed by atoms with Crippen molar-refractivity contribution in [3.05, 3.63) is 46.7 Å². The third-order valence-electron chi connectivity index (χ3n) is 2.26. The van der Waals surface area contributed by atoms with Crippen molar-refractivity contribution < 1.29 is 4.79 Å². The summed E-state index contributed by atoms with van der Waals surface area (Å²) in [5.41, 5.74) is 7.04. The maximum Gasteiger partial charge on any atom is 0.258 e. The van der Waals surface area contributed by atoms with E-state index in [1.807, 2.05) is 0 Å².